The minimum Gasteiger partial charge on any atom is -0.506 e. The van der Waals surface area contributed by atoms with Crippen molar-refractivity contribution in [3.8, 4) is 5.75 Å². The molecule has 35 heavy (non-hydrogen) atoms. The third kappa shape index (κ3) is 13.4. The zero-order valence-electron chi connectivity index (χ0n) is 21.5. The largest absolute Gasteiger partial charge is 0.506 e. The number of nitrogens with zero attached hydrogens (tertiary/aromatic N) is 3. The summed E-state index contributed by atoms with van der Waals surface area (Å²) >= 11 is 5.54. The van der Waals surface area contributed by atoms with Crippen molar-refractivity contribution in [1.29, 1.82) is 0 Å². The summed E-state index contributed by atoms with van der Waals surface area (Å²) in [5, 5.41) is 11.6. The standard InChI is InChI=1S/C7H6ClNO2.C7H12N2O2.C6H13N.C6H12/c8-6-3-5(9-4-10)1-2-7(6)11;1-7(11)9-4-2-8(6-10)3-5-9;1-2-7-5-3-4-6-7;1-6-4-2-3-5-6/h1-4,11H,(H,9,10);6H,2-5H2,1H3;2-6H2,1H3;6H,2-5H2,1H3. The van der Waals surface area contributed by atoms with Gasteiger partial charge in [0.2, 0.25) is 18.7 Å². The highest BCUT2D eigenvalue weighted by Crippen LogP contribution is 2.25. The van der Waals surface area contributed by atoms with Crippen LogP contribution in [0.25, 0.3) is 0 Å². The number of phenolic OH excluding ortho intramolecular Hbond substituents is 1. The number of anilines is 1. The van der Waals surface area contributed by atoms with Crippen LogP contribution in [0.4, 0.5) is 5.69 Å². The Labute approximate surface area is 215 Å². The fraction of sp³-hybridized carbons (Fsp3) is 0.654. The zero-order valence-corrected chi connectivity index (χ0v) is 22.3. The molecule has 4 rings (SSSR count). The second kappa shape index (κ2) is 18.0. The maximum Gasteiger partial charge on any atom is 0.219 e. The fourth-order valence-electron chi connectivity index (χ4n) is 4.04. The number of phenols is 1. The maximum atomic E-state index is 10.8. The van der Waals surface area contributed by atoms with Crippen LogP contribution in [0.1, 0.15) is 59.3 Å². The van der Waals surface area contributed by atoms with Crippen molar-refractivity contribution in [3.63, 3.8) is 0 Å². The van der Waals surface area contributed by atoms with E-state index in [1.165, 1.54) is 70.3 Å². The molecule has 8 nitrogen and oxygen atoms in total. The van der Waals surface area contributed by atoms with Gasteiger partial charge < -0.3 is 25.1 Å². The number of benzene rings is 1. The molecule has 3 amide bonds. The number of piperazine rings is 1. The van der Waals surface area contributed by atoms with Gasteiger partial charge in [-0.15, -0.1) is 0 Å². The number of likely N-dealkylation sites (tertiary alicyclic amines) is 1. The van der Waals surface area contributed by atoms with E-state index in [0.717, 1.165) is 12.3 Å². The SMILES string of the molecule is CC(=O)N1CCN(C=O)CC1.CC1CCCC1.CCN1CCCC1.O=CNc1ccc(O)c(Cl)c1. The average molecular weight is 511 g/mol. The van der Waals surface area contributed by atoms with E-state index < -0.39 is 0 Å². The van der Waals surface area contributed by atoms with Gasteiger partial charge in [-0.3, -0.25) is 14.4 Å². The molecule has 2 heterocycles. The van der Waals surface area contributed by atoms with Gasteiger partial charge in [0.05, 0.1) is 5.02 Å². The molecule has 0 spiro atoms. The first-order valence-corrected chi connectivity index (χ1v) is 13.0. The summed E-state index contributed by atoms with van der Waals surface area (Å²) in [6.07, 6.45) is 10.2. The van der Waals surface area contributed by atoms with E-state index in [1.54, 1.807) is 22.8 Å². The van der Waals surface area contributed by atoms with E-state index in [1.807, 2.05) is 0 Å². The highest BCUT2D eigenvalue weighted by Gasteiger charge is 2.16. The van der Waals surface area contributed by atoms with Gasteiger partial charge >= 0.3 is 0 Å². The van der Waals surface area contributed by atoms with Gasteiger partial charge in [0, 0.05) is 38.8 Å². The first-order chi connectivity index (χ1) is 16.8. The predicted octanol–water partition coefficient (Wildman–Crippen LogP) is 4.22. The van der Waals surface area contributed by atoms with Crippen LogP contribution in [0.2, 0.25) is 5.02 Å². The maximum absolute atomic E-state index is 10.8. The van der Waals surface area contributed by atoms with Gasteiger partial charge in [0.1, 0.15) is 5.75 Å². The summed E-state index contributed by atoms with van der Waals surface area (Å²) < 4.78 is 0. The van der Waals surface area contributed by atoms with Crippen LogP contribution in [0.5, 0.6) is 5.75 Å². The van der Waals surface area contributed by atoms with Crippen LogP contribution < -0.4 is 5.32 Å². The lowest BCUT2D eigenvalue weighted by Crippen LogP contribution is -2.47. The van der Waals surface area contributed by atoms with Gasteiger partial charge in [-0.1, -0.05) is 51.1 Å². The summed E-state index contributed by atoms with van der Waals surface area (Å²) in [5.41, 5.74) is 0.558. The minimum atomic E-state index is 0.00288. The summed E-state index contributed by atoms with van der Waals surface area (Å²) in [6, 6.07) is 4.43. The third-order valence-electron chi connectivity index (χ3n) is 6.37. The Balaban J connectivity index is 0.000000240. The number of amides is 3. The zero-order chi connectivity index (χ0) is 26.1. The predicted molar refractivity (Wildman–Crippen MR) is 142 cm³/mol. The first-order valence-electron chi connectivity index (χ1n) is 12.7. The molecule has 0 unspecified atom stereocenters. The molecule has 1 saturated carbocycles. The summed E-state index contributed by atoms with van der Waals surface area (Å²) in [6.45, 7) is 12.7. The van der Waals surface area contributed by atoms with Crippen LogP contribution in [-0.2, 0) is 14.4 Å². The molecule has 0 radical (unpaired) electrons. The van der Waals surface area contributed by atoms with Gasteiger partial charge in [-0.05, 0) is 56.6 Å². The molecule has 198 valence electrons. The number of halogens is 1. The smallest absolute Gasteiger partial charge is 0.219 e. The van der Waals surface area contributed by atoms with Crippen molar-refractivity contribution in [1.82, 2.24) is 14.7 Å². The van der Waals surface area contributed by atoms with Gasteiger partial charge in [-0.2, -0.15) is 0 Å². The number of carbonyl (C=O) groups excluding carboxylic acids is 3. The van der Waals surface area contributed by atoms with Gasteiger partial charge in [0.15, 0.2) is 0 Å². The van der Waals surface area contributed by atoms with Gasteiger partial charge in [-0.25, -0.2) is 0 Å². The van der Waals surface area contributed by atoms with Crippen LogP contribution in [0.3, 0.4) is 0 Å². The summed E-state index contributed by atoms with van der Waals surface area (Å²) in [5.74, 6) is 1.14. The molecule has 3 fully saturated rings. The molecule has 1 aromatic rings. The average Bonchev–Trinajstić information content (AvgIpc) is 3.57. The van der Waals surface area contributed by atoms with E-state index >= 15 is 0 Å². The Morgan fingerprint density at radius 3 is 2.03 bits per heavy atom. The molecule has 2 saturated heterocycles. The molecule has 3 aliphatic rings. The van der Waals surface area contributed by atoms with Crippen LogP contribution in [0, 0.1) is 5.92 Å². The number of hydrogen-bond donors (Lipinski definition) is 2. The highest BCUT2D eigenvalue weighted by atomic mass is 35.5. The van der Waals surface area contributed by atoms with Crippen molar-refractivity contribution in [2.45, 2.75) is 59.3 Å². The van der Waals surface area contributed by atoms with Crippen LogP contribution in [0.15, 0.2) is 18.2 Å². The second-order valence-electron chi connectivity index (χ2n) is 9.11. The fourth-order valence-corrected chi connectivity index (χ4v) is 4.22. The molecule has 0 bridgehead atoms. The highest BCUT2D eigenvalue weighted by molar-refractivity contribution is 6.32. The molecule has 0 atom stereocenters. The molecule has 2 N–H and O–H groups in total. The Bertz CT molecular complexity index is 745. The summed E-state index contributed by atoms with van der Waals surface area (Å²) in [4.78, 5) is 36.9. The van der Waals surface area contributed by atoms with Gasteiger partial charge in [0.25, 0.3) is 0 Å². The van der Waals surface area contributed by atoms with Crippen LogP contribution in [-0.4, -0.2) is 84.3 Å². The Morgan fingerprint density at radius 2 is 1.66 bits per heavy atom. The van der Waals surface area contributed by atoms with E-state index in [0.29, 0.717) is 38.3 Å². The van der Waals surface area contributed by atoms with E-state index in [9.17, 15) is 14.4 Å². The first kappa shape index (κ1) is 30.7. The Morgan fingerprint density at radius 1 is 1.06 bits per heavy atom. The van der Waals surface area contributed by atoms with E-state index in [2.05, 4.69) is 24.1 Å². The van der Waals surface area contributed by atoms with Crippen LogP contribution >= 0.6 is 11.6 Å². The quantitative estimate of drug-likeness (QED) is 0.467. The molecular weight excluding hydrogens is 468 g/mol. The second-order valence-corrected chi connectivity index (χ2v) is 9.51. The number of nitrogens with one attached hydrogen (secondary N) is 1. The number of rotatable bonds is 4. The number of carbonyl (C=O) groups is 3. The number of hydrogen-bond acceptors (Lipinski definition) is 5. The van der Waals surface area contributed by atoms with Crippen molar-refractivity contribution in [2.24, 2.45) is 5.92 Å². The molecule has 0 aromatic heterocycles. The Kier molecular flexibility index (Phi) is 15.8. The molecule has 2 aliphatic heterocycles. The molecule has 1 aromatic carbocycles. The van der Waals surface area contributed by atoms with E-state index in [-0.39, 0.29) is 16.7 Å². The molecule has 1 aliphatic carbocycles. The topological polar surface area (TPSA) is 93.2 Å². The molecule has 9 heteroatoms. The monoisotopic (exact) mass is 510 g/mol. The Hall–Kier alpha value is -2.32. The molecular formula is C26H43ClN4O4. The van der Waals surface area contributed by atoms with Crippen molar-refractivity contribution >= 4 is 36.0 Å². The van der Waals surface area contributed by atoms with Crippen molar-refractivity contribution < 1.29 is 19.5 Å². The normalized spacial score (nSPS) is 17.7. The van der Waals surface area contributed by atoms with Crippen molar-refractivity contribution in [2.75, 3.05) is 51.1 Å². The lowest BCUT2D eigenvalue weighted by atomic mass is 10.2. The third-order valence-corrected chi connectivity index (χ3v) is 6.67. The summed E-state index contributed by atoms with van der Waals surface area (Å²) in [7, 11) is 0. The lowest BCUT2D eigenvalue weighted by Gasteiger charge is -2.31. The van der Waals surface area contributed by atoms with E-state index in [4.69, 9.17) is 16.7 Å². The minimum absolute atomic E-state index is 0.00288. The van der Waals surface area contributed by atoms with Crippen molar-refractivity contribution in [3.05, 3.63) is 23.2 Å². The number of aromatic hydroxyl groups is 1. The lowest BCUT2D eigenvalue weighted by molar-refractivity contribution is -0.133.